The molecule has 0 saturated carbocycles. The number of nitriles is 1. The van der Waals surface area contributed by atoms with E-state index in [1.54, 1.807) is 30.3 Å². The smallest absolute Gasteiger partial charge is 0.406 e. The van der Waals surface area contributed by atoms with Crippen molar-refractivity contribution in [3.8, 4) is 22.9 Å². The van der Waals surface area contributed by atoms with E-state index in [0.29, 0.717) is 16.1 Å². The molecule has 0 N–H and O–H groups in total. The van der Waals surface area contributed by atoms with Gasteiger partial charge in [0.2, 0.25) is 0 Å². The maximum absolute atomic E-state index is 12.2. The van der Waals surface area contributed by atoms with Gasteiger partial charge in [-0.15, -0.1) is 13.2 Å². The van der Waals surface area contributed by atoms with Crippen LogP contribution < -0.4 is 4.74 Å². The van der Waals surface area contributed by atoms with Gasteiger partial charge in [-0.1, -0.05) is 23.7 Å². The number of benzene rings is 2. The average molecular weight is 298 g/mol. The highest BCUT2D eigenvalue weighted by atomic mass is 35.5. The van der Waals surface area contributed by atoms with Gasteiger partial charge in [-0.2, -0.15) is 5.26 Å². The molecule has 0 aromatic heterocycles. The molecule has 6 heteroatoms. The van der Waals surface area contributed by atoms with E-state index in [-0.39, 0.29) is 5.56 Å². The third-order valence-corrected chi connectivity index (χ3v) is 2.66. The van der Waals surface area contributed by atoms with Gasteiger partial charge in [0.05, 0.1) is 11.6 Å². The van der Waals surface area contributed by atoms with Crippen molar-refractivity contribution in [3.63, 3.8) is 0 Å². The highest BCUT2D eigenvalue weighted by molar-refractivity contribution is 6.30. The Kier molecular flexibility index (Phi) is 3.86. The summed E-state index contributed by atoms with van der Waals surface area (Å²) < 4.78 is 40.6. The predicted octanol–water partition coefficient (Wildman–Crippen LogP) is 4.78. The normalized spacial score (nSPS) is 10.9. The Hall–Kier alpha value is -2.19. The number of halogens is 4. The van der Waals surface area contributed by atoms with Crippen LogP contribution in [0.25, 0.3) is 11.1 Å². The van der Waals surface area contributed by atoms with Gasteiger partial charge in [-0.05, 0) is 41.5 Å². The molecule has 0 bridgehead atoms. The fourth-order valence-corrected chi connectivity index (χ4v) is 1.88. The fourth-order valence-electron chi connectivity index (χ4n) is 1.69. The van der Waals surface area contributed by atoms with Gasteiger partial charge >= 0.3 is 6.36 Å². The van der Waals surface area contributed by atoms with Crippen LogP contribution in [0.4, 0.5) is 13.2 Å². The summed E-state index contributed by atoms with van der Waals surface area (Å²) in [5.41, 5.74) is 1.09. The van der Waals surface area contributed by atoms with Crippen molar-refractivity contribution in [1.29, 1.82) is 5.26 Å². The van der Waals surface area contributed by atoms with Crippen LogP contribution in [0, 0.1) is 11.3 Å². The molecule has 0 aliphatic heterocycles. The van der Waals surface area contributed by atoms with Crippen LogP contribution in [0.3, 0.4) is 0 Å². The number of hydrogen-bond donors (Lipinski definition) is 0. The van der Waals surface area contributed by atoms with E-state index in [9.17, 15) is 13.2 Å². The van der Waals surface area contributed by atoms with Crippen molar-refractivity contribution < 1.29 is 17.9 Å². The average Bonchev–Trinajstić information content (AvgIpc) is 2.36. The Bertz CT molecular complexity index is 677. The maximum atomic E-state index is 12.2. The standard InChI is InChI=1S/C14H7ClF3NO/c15-12-3-1-2-10(6-12)11-4-9(8-19)5-13(7-11)20-14(16,17)18/h1-7H. The van der Waals surface area contributed by atoms with Crippen molar-refractivity contribution >= 4 is 11.6 Å². The van der Waals surface area contributed by atoms with E-state index >= 15 is 0 Å². The van der Waals surface area contributed by atoms with Crippen molar-refractivity contribution in [2.24, 2.45) is 0 Å². The molecular weight excluding hydrogens is 291 g/mol. The lowest BCUT2D eigenvalue weighted by Gasteiger charge is -2.11. The van der Waals surface area contributed by atoms with E-state index in [4.69, 9.17) is 16.9 Å². The number of alkyl halides is 3. The zero-order chi connectivity index (χ0) is 14.8. The zero-order valence-electron chi connectivity index (χ0n) is 9.91. The topological polar surface area (TPSA) is 33.0 Å². The molecular formula is C14H7ClF3NO. The van der Waals surface area contributed by atoms with Gasteiger partial charge in [-0.25, -0.2) is 0 Å². The molecule has 0 heterocycles. The van der Waals surface area contributed by atoms with Crippen LogP contribution in [0.1, 0.15) is 5.56 Å². The molecule has 0 saturated heterocycles. The highest BCUT2D eigenvalue weighted by Gasteiger charge is 2.31. The first kappa shape index (κ1) is 14.2. The summed E-state index contributed by atoms with van der Waals surface area (Å²) in [6, 6.07) is 12.1. The third-order valence-electron chi connectivity index (χ3n) is 2.43. The molecule has 0 fully saturated rings. The second-order valence-electron chi connectivity index (χ2n) is 3.92. The summed E-state index contributed by atoms with van der Waals surface area (Å²) in [6.07, 6.45) is -4.81. The lowest BCUT2D eigenvalue weighted by atomic mass is 10.0. The molecule has 0 aliphatic carbocycles. The minimum Gasteiger partial charge on any atom is -0.406 e. The fraction of sp³-hybridized carbons (Fsp3) is 0.0714. The molecule has 2 aromatic carbocycles. The summed E-state index contributed by atoms with van der Waals surface area (Å²) in [7, 11) is 0. The molecule has 0 unspecified atom stereocenters. The number of rotatable bonds is 2. The van der Waals surface area contributed by atoms with Gasteiger partial charge < -0.3 is 4.74 Å². The molecule has 0 amide bonds. The quantitative estimate of drug-likeness (QED) is 0.799. The van der Waals surface area contributed by atoms with Gasteiger partial charge in [-0.3, -0.25) is 0 Å². The Labute approximate surface area is 118 Å². The Morgan fingerprint density at radius 1 is 1.05 bits per heavy atom. The summed E-state index contributed by atoms with van der Waals surface area (Å²) in [5.74, 6) is -0.438. The first-order chi connectivity index (χ1) is 9.37. The van der Waals surface area contributed by atoms with Gasteiger partial charge in [0.25, 0.3) is 0 Å². The van der Waals surface area contributed by atoms with Gasteiger partial charge in [0.1, 0.15) is 5.75 Å². The lowest BCUT2D eigenvalue weighted by Crippen LogP contribution is -2.17. The van der Waals surface area contributed by atoms with Gasteiger partial charge in [0, 0.05) is 5.02 Å². The van der Waals surface area contributed by atoms with Crippen molar-refractivity contribution in [3.05, 3.63) is 53.1 Å². The number of hydrogen-bond acceptors (Lipinski definition) is 2. The molecule has 2 nitrogen and oxygen atoms in total. The van der Waals surface area contributed by atoms with Crippen LogP contribution in [0.5, 0.6) is 5.75 Å². The molecule has 102 valence electrons. The Balaban J connectivity index is 2.49. The summed E-state index contributed by atoms with van der Waals surface area (Å²) in [5, 5.41) is 9.32. The van der Waals surface area contributed by atoms with E-state index < -0.39 is 12.1 Å². The van der Waals surface area contributed by atoms with E-state index in [0.717, 1.165) is 6.07 Å². The molecule has 0 radical (unpaired) electrons. The lowest BCUT2D eigenvalue weighted by molar-refractivity contribution is -0.274. The predicted molar refractivity (Wildman–Crippen MR) is 68.3 cm³/mol. The van der Waals surface area contributed by atoms with Crippen LogP contribution in [-0.4, -0.2) is 6.36 Å². The molecule has 2 aromatic rings. The SMILES string of the molecule is N#Cc1cc(OC(F)(F)F)cc(-c2cccc(Cl)c2)c1. The molecule has 0 aliphatic rings. The third kappa shape index (κ3) is 3.65. The van der Waals surface area contributed by atoms with Crippen LogP contribution in [0.2, 0.25) is 5.02 Å². The Morgan fingerprint density at radius 3 is 2.40 bits per heavy atom. The van der Waals surface area contributed by atoms with E-state index in [2.05, 4.69) is 4.74 Å². The number of nitrogens with zero attached hydrogens (tertiary/aromatic N) is 1. The number of ether oxygens (including phenoxy) is 1. The summed E-state index contributed by atoms with van der Waals surface area (Å²) in [6.45, 7) is 0. The second-order valence-corrected chi connectivity index (χ2v) is 4.35. The molecule has 0 atom stereocenters. The highest BCUT2D eigenvalue weighted by Crippen LogP contribution is 2.30. The van der Waals surface area contributed by atoms with Crippen LogP contribution in [-0.2, 0) is 0 Å². The second kappa shape index (κ2) is 5.43. The maximum Gasteiger partial charge on any atom is 0.573 e. The zero-order valence-corrected chi connectivity index (χ0v) is 10.7. The van der Waals surface area contributed by atoms with Crippen molar-refractivity contribution in [2.75, 3.05) is 0 Å². The first-order valence-corrected chi connectivity index (χ1v) is 5.82. The summed E-state index contributed by atoms with van der Waals surface area (Å²) in [4.78, 5) is 0. The van der Waals surface area contributed by atoms with Crippen molar-refractivity contribution in [2.45, 2.75) is 6.36 Å². The van der Waals surface area contributed by atoms with Crippen molar-refractivity contribution in [1.82, 2.24) is 0 Å². The largest absolute Gasteiger partial charge is 0.573 e. The molecule has 2 rings (SSSR count). The van der Waals surface area contributed by atoms with Crippen LogP contribution >= 0.6 is 11.6 Å². The van der Waals surface area contributed by atoms with Crippen LogP contribution in [0.15, 0.2) is 42.5 Å². The minimum absolute atomic E-state index is 0.0710. The van der Waals surface area contributed by atoms with E-state index in [1.807, 2.05) is 0 Å². The first-order valence-electron chi connectivity index (χ1n) is 5.44. The molecule has 20 heavy (non-hydrogen) atoms. The van der Waals surface area contributed by atoms with Gasteiger partial charge in [0.15, 0.2) is 0 Å². The Morgan fingerprint density at radius 2 is 1.80 bits per heavy atom. The summed E-state index contributed by atoms with van der Waals surface area (Å²) >= 11 is 5.84. The van der Waals surface area contributed by atoms with E-state index in [1.165, 1.54) is 12.1 Å². The monoisotopic (exact) mass is 297 g/mol. The minimum atomic E-state index is -4.81. The molecule has 0 spiro atoms.